The van der Waals surface area contributed by atoms with E-state index in [1.807, 2.05) is 14.1 Å². The molecule has 2 fully saturated rings. The van der Waals surface area contributed by atoms with E-state index in [9.17, 15) is 4.79 Å². The van der Waals surface area contributed by atoms with Crippen LogP contribution in [0.1, 0.15) is 63.0 Å². The van der Waals surface area contributed by atoms with Crippen LogP contribution in [0.3, 0.4) is 0 Å². The molecule has 0 spiro atoms. The molecular formula is C25H41N5O. The lowest BCUT2D eigenvalue weighted by atomic mass is 9.84. The molecule has 1 saturated heterocycles. The second-order valence-electron chi connectivity index (χ2n) is 9.55. The summed E-state index contributed by atoms with van der Waals surface area (Å²) in [4.78, 5) is 21.6. The van der Waals surface area contributed by atoms with Gasteiger partial charge in [0, 0.05) is 46.8 Å². The summed E-state index contributed by atoms with van der Waals surface area (Å²) in [6, 6.07) is 9.36. The van der Waals surface area contributed by atoms with Gasteiger partial charge in [-0.25, -0.2) is 0 Å². The van der Waals surface area contributed by atoms with Gasteiger partial charge in [-0.1, -0.05) is 43.5 Å². The number of likely N-dealkylation sites (tertiary alicyclic amines) is 1. The molecule has 3 rings (SSSR count). The Morgan fingerprint density at radius 3 is 2.48 bits per heavy atom. The molecule has 2 N–H and O–H groups in total. The fraction of sp³-hybridized carbons (Fsp3) is 0.680. The molecule has 1 aliphatic heterocycles. The number of hydrogen-bond donors (Lipinski definition) is 2. The van der Waals surface area contributed by atoms with Crippen molar-refractivity contribution < 1.29 is 4.79 Å². The van der Waals surface area contributed by atoms with Crippen LogP contribution in [0.15, 0.2) is 29.3 Å². The Morgan fingerprint density at radius 2 is 1.84 bits per heavy atom. The summed E-state index contributed by atoms with van der Waals surface area (Å²) in [5, 5.41) is 6.93. The number of hydrogen-bond acceptors (Lipinski definition) is 3. The van der Waals surface area contributed by atoms with Gasteiger partial charge >= 0.3 is 0 Å². The van der Waals surface area contributed by atoms with Gasteiger partial charge in [-0.05, 0) is 50.3 Å². The molecule has 1 heterocycles. The Balaban J connectivity index is 1.59. The maximum absolute atomic E-state index is 12.8. The smallest absolute Gasteiger partial charge is 0.230 e. The minimum Gasteiger partial charge on any atom is -0.355 e. The highest BCUT2D eigenvalue weighted by atomic mass is 16.2. The molecule has 6 heteroatoms. The Hall–Kier alpha value is -2.08. The van der Waals surface area contributed by atoms with Crippen LogP contribution < -0.4 is 10.6 Å². The normalized spacial score (nSPS) is 21.7. The molecule has 1 unspecified atom stereocenters. The predicted octanol–water partition coefficient (Wildman–Crippen LogP) is 3.37. The summed E-state index contributed by atoms with van der Waals surface area (Å²) in [7, 11) is 5.51. The maximum atomic E-state index is 12.8. The van der Waals surface area contributed by atoms with Crippen molar-refractivity contribution in [2.24, 2.45) is 10.4 Å². The summed E-state index contributed by atoms with van der Waals surface area (Å²) in [5.41, 5.74) is 2.39. The maximum Gasteiger partial charge on any atom is 0.230 e. The van der Waals surface area contributed by atoms with E-state index >= 15 is 0 Å². The van der Waals surface area contributed by atoms with Gasteiger partial charge in [0.15, 0.2) is 5.96 Å². The van der Waals surface area contributed by atoms with E-state index in [1.165, 1.54) is 36.9 Å². The van der Waals surface area contributed by atoms with Gasteiger partial charge in [0.25, 0.3) is 0 Å². The second kappa shape index (κ2) is 11.0. The van der Waals surface area contributed by atoms with Crippen LogP contribution in [0.25, 0.3) is 0 Å². The lowest BCUT2D eigenvalue weighted by Crippen LogP contribution is -2.49. The number of guanidine groups is 1. The van der Waals surface area contributed by atoms with Crippen molar-refractivity contribution in [3.05, 3.63) is 35.4 Å². The van der Waals surface area contributed by atoms with Crippen molar-refractivity contribution in [2.75, 3.05) is 34.2 Å². The first kappa shape index (κ1) is 23.6. The quantitative estimate of drug-likeness (QED) is 0.517. The van der Waals surface area contributed by atoms with Gasteiger partial charge in [-0.3, -0.25) is 14.7 Å². The molecule has 2 aliphatic rings. The molecule has 172 valence electrons. The monoisotopic (exact) mass is 427 g/mol. The molecule has 6 nitrogen and oxygen atoms in total. The fourth-order valence-electron chi connectivity index (χ4n) is 5.14. The van der Waals surface area contributed by atoms with Crippen molar-refractivity contribution in [1.82, 2.24) is 20.4 Å². The van der Waals surface area contributed by atoms with Gasteiger partial charge in [0.05, 0.1) is 5.41 Å². The average Bonchev–Trinajstić information content (AvgIpc) is 3.26. The first-order valence-corrected chi connectivity index (χ1v) is 11.9. The Kier molecular flexibility index (Phi) is 8.35. The van der Waals surface area contributed by atoms with Crippen LogP contribution in [0, 0.1) is 5.41 Å². The number of rotatable bonds is 7. The number of aliphatic imine (C=N–C) groups is 1. The molecule has 1 aromatic rings. The Morgan fingerprint density at radius 1 is 1.13 bits per heavy atom. The number of amides is 1. The van der Waals surface area contributed by atoms with E-state index in [1.54, 1.807) is 11.9 Å². The highest BCUT2D eigenvalue weighted by Gasteiger charge is 2.42. The standard InChI is InChI=1S/C25H41N5O/c1-20-11-7-10-16-30(20)18-22-13-6-5-12-21(22)17-27-24(26-2)28-19-25(14-8-9-15-25)23(31)29(3)4/h5-6,12-13,20H,7-11,14-19H2,1-4H3,(H2,26,27,28). The first-order valence-electron chi connectivity index (χ1n) is 11.9. The zero-order valence-electron chi connectivity index (χ0n) is 19.9. The zero-order chi connectivity index (χ0) is 22.3. The largest absolute Gasteiger partial charge is 0.355 e. The van der Waals surface area contributed by atoms with Crippen LogP contribution in [0.5, 0.6) is 0 Å². The van der Waals surface area contributed by atoms with Crippen molar-refractivity contribution in [3.8, 4) is 0 Å². The topological polar surface area (TPSA) is 60.0 Å². The van der Waals surface area contributed by atoms with Gasteiger partial charge in [-0.2, -0.15) is 0 Å². The van der Waals surface area contributed by atoms with Crippen LogP contribution in [-0.4, -0.2) is 61.9 Å². The number of piperidine rings is 1. The average molecular weight is 428 g/mol. The van der Waals surface area contributed by atoms with Crippen LogP contribution in [0.4, 0.5) is 0 Å². The third-order valence-electron chi connectivity index (χ3n) is 7.12. The van der Waals surface area contributed by atoms with Gasteiger partial charge in [-0.15, -0.1) is 0 Å². The second-order valence-corrected chi connectivity index (χ2v) is 9.55. The molecule has 0 bridgehead atoms. The van der Waals surface area contributed by atoms with E-state index in [2.05, 4.69) is 51.7 Å². The highest BCUT2D eigenvalue weighted by molar-refractivity contribution is 5.85. The number of carbonyl (C=O) groups is 1. The molecule has 1 aromatic carbocycles. The van der Waals surface area contributed by atoms with Crippen LogP contribution in [0.2, 0.25) is 0 Å². The number of benzene rings is 1. The van der Waals surface area contributed by atoms with Crippen LogP contribution in [-0.2, 0) is 17.9 Å². The van der Waals surface area contributed by atoms with E-state index < -0.39 is 0 Å². The predicted molar refractivity (Wildman–Crippen MR) is 128 cm³/mol. The van der Waals surface area contributed by atoms with Crippen LogP contribution >= 0.6 is 0 Å². The molecular weight excluding hydrogens is 386 g/mol. The van der Waals surface area contributed by atoms with Gasteiger partial charge in [0.1, 0.15) is 0 Å². The third kappa shape index (κ3) is 6.00. The van der Waals surface area contributed by atoms with Crippen molar-refractivity contribution in [1.29, 1.82) is 0 Å². The number of carbonyl (C=O) groups excluding carboxylic acids is 1. The minimum absolute atomic E-state index is 0.231. The molecule has 1 aliphatic carbocycles. The van der Waals surface area contributed by atoms with Gasteiger partial charge in [0.2, 0.25) is 5.91 Å². The summed E-state index contributed by atoms with van der Waals surface area (Å²) < 4.78 is 0. The van der Waals surface area contributed by atoms with Crippen molar-refractivity contribution in [2.45, 2.75) is 71.0 Å². The Labute approximate surface area is 188 Å². The molecule has 1 saturated carbocycles. The van der Waals surface area contributed by atoms with Crippen molar-refractivity contribution in [3.63, 3.8) is 0 Å². The van der Waals surface area contributed by atoms with E-state index in [0.29, 0.717) is 12.6 Å². The zero-order valence-corrected chi connectivity index (χ0v) is 19.9. The lowest BCUT2D eigenvalue weighted by molar-refractivity contribution is -0.138. The van der Waals surface area contributed by atoms with E-state index in [-0.39, 0.29) is 11.3 Å². The molecule has 1 amide bonds. The van der Waals surface area contributed by atoms with Gasteiger partial charge < -0.3 is 15.5 Å². The number of nitrogens with zero attached hydrogens (tertiary/aromatic N) is 3. The lowest BCUT2D eigenvalue weighted by Gasteiger charge is -2.34. The van der Waals surface area contributed by atoms with E-state index in [0.717, 1.165) is 44.7 Å². The summed E-state index contributed by atoms with van der Waals surface area (Å²) in [6.45, 7) is 5.91. The fourth-order valence-corrected chi connectivity index (χ4v) is 5.14. The molecule has 1 atom stereocenters. The Bertz CT molecular complexity index is 754. The highest BCUT2D eigenvalue weighted by Crippen LogP contribution is 2.38. The SMILES string of the molecule is CN=C(NCc1ccccc1CN1CCCCC1C)NCC1(C(=O)N(C)C)CCCC1. The summed E-state index contributed by atoms with van der Waals surface area (Å²) >= 11 is 0. The molecule has 31 heavy (non-hydrogen) atoms. The molecule has 0 radical (unpaired) electrons. The third-order valence-corrected chi connectivity index (χ3v) is 7.12. The summed E-state index contributed by atoms with van der Waals surface area (Å²) in [5.74, 6) is 0.993. The van der Waals surface area contributed by atoms with Crippen molar-refractivity contribution >= 4 is 11.9 Å². The van der Waals surface area contributed by atoms with E-state index in [4.69, 9.17) is 0 Å². The minimum atomic E-state index is -0.302. The summed E-state index contributed by atoms with van der Waals surface area (Å²) in [6.07, 6.45) is 8.08. The first-order chi connectivity index (χ1) is 14.9. The molecule has 0 aromatic heterocycles. The number of nitrogens with one attached hydrogen (secondary N) is 2.